The predicted molar refractivity (Wildman–Crippen MR) is 73.8 cm³/mol. The number of rotatable bonds is 4. The first-order chi connectivity index (χ1) is 8.70. The second-order valence-electron chi connectivity index (χ2n) is 4.93. The van der Waals surface area contributed by atoms with E-state index < -0.39 is 0 Å². The van der Waals surface area contributed by atoms with E-state index in [0.29, 0.717) is 0 Å². The van der Waals surface area contributed by atoms with Crippen LogP contribution < -0.4 is 10.2 Å². The van der Waals surface area contributed by atoms with E-state index in [1.165, 1.54) is 5.56 Å². The van der Waals surface area contributed by atoms with Crippen LogP contribution in [0.15, 0.2) is 18.3 Å². The number of pyridine rings is 1. The van der Waals surface area contributed by atoms with Gasteiger partial charge in [0.1, 0.15) is 5.82 Å². The molecule has 18 heavy (non-hydrogen) atoms. The quantitative estimate of drug-likeness (QED) is 0.883. The van der Waals surface area contributed by atoms with Gasteiger partial charge in [0, 0.05) is 31.4 Å². The molecule has 0 radical (unpaired) electrons. The van der Waals surface area contributed by atoms with E-state index in [2.05, 4.69) is 42.0 Å². The highest BCUT2D eigenvalue weighted by molar-refractivity contribution is 5.47. The van der Waals surface area contributed by atoms with Crippen LogP contribution in [-0.4, -0.2) is 36.8 Å². The summed E-state index contributed by atoms with van der Waals surface area (Å²) in [6.45, 7) is 10.0. The van der Waals surface area contributed by atoms with Crippen molar-refractivity contribution in [3.05, 3.63) is 23.9 Å². The summed E-state index contributed by atoms with van der Waals surface area (Å²) in [5, 5.41) is 3.37. The molecule has 1 aliphatic rings. The molecule has 1 aliphatic heterocycles. The van der Waals surface area contributed by atoms with Crippen LogP contribution in [0.25, 0.3) is 0 Å². The molecule has 0 bridgehead atoms. The zero-order valence-corrected chi connectivity index (χ0v) is 11.5. The molecule has 2 unspecified atom stereocenters. The van der Waals surface area contributed by atoms with Gasteiger partial charge >= 0.3 is 0 Å². The van der Waals surface area contributed by atoms with Crippen molar-refractivity contribution >= 4 is 5.82 Å². The second kappa shape index (κ2) is 6.16. The number of hydrogen-bond acceptors (Lipinski definition) is 4. The molecule has 0 aromatic carbocycles. The number of anilines is 1. The second-order valence-corrected chi connectivity index (χ2v) is 4.93. The Labute approximate surface area is 109 Å². The van der Waals surface area contributed by atoms with Crippen molar-refractivity contribution in [3.8, 4) is 0 Å². The van der Waals surface area contributed by atoms with Crippen molar-refractivity contribution in [2.75, 3.05) is 24.5 Å². The number of aromatic nitrogens is 1. The number of hydrogen-bond donors (Lipinski definition) is 1. The summed E-state index contributed by atoms with van der Waals surface area (Å²) in [4.78, 5) is 6.89. The van der Waals surface area contributed by atoms with Crippen LogP contribution >= 0.6 is 0 Å². The molecule has 2 atom stereocenters. The fraction of sp³-hybridized carbons (Fsp3) is 0.643. The maximum Gasteiger partial charge on any atom is 0.133 e. The Balaban J connectivity index is 2.15. The topological polar surface area (TPSA) is 37.4 Å². The molecular formula is C14H23N3O. The fourth-order valence-corrected chi connectivity index (χ4v) is 2.46. The minimum absolute atomic E-state index is 0.266. The van der Waals surface area contributed by atoms with E-state index in [1.54, 1.807) is 0 Å². The van der Waals surface area contributed by atoms with Gasteiger partial charge in [-0.1, -0.05) is 13.0 Å². The van der Waals surface area contributed by atoms with Crippen LogP contribution in [0.4, 0.5) is 5.82 Å². The maximum atomic E-state index is 5.77. The van der Waals surface area contributed by atoms with Crippen molar-refractivity contribution in [3.63, 3.8) is 0 Å². The van der Waals surface area contributed by atoms with Gasteiger partial charge in [-0.05, 0) is 26.5 Å². The minimum Gasteiger partial charge on any atom is -0.372 e. The van der Waals surface area contributed by atoms with E-state index in [9.17, 15) is 0 Å². The molecule has 4 heteroatoms. The Hall–Kier alpha value is -1.13. The average molecular weight is 249 g/mol. The highest BCUT2D eigenvalue weighted by atomic mass is 16.5. The first kappa shape index (κ1) is 13.3. The molecule has 1 aromatic rings. The molecule has 2 rings (SSSR count). The van der Waals surface area contributed by atoms with Crippen molar-refractivity contribution < 1.29 is 4.74 Å². The van der Waals surface area contributed by atoms with E-state index in [4.69, 9.17) is 4.74 Å². The molecule has 2 heterocycles. The van der Waals surface area contributed by atoms with Crippen LogP contribution in [-0.2, 0) is 11.3 Å². The van der Waals surface area contributed by atoms with Gasteiger partial charge in [0.15, 0.2) is 0 Å². The Morgan fingerprint density at radius 1 is 1.39 bits per heavy atom. The van der Waals surface area contributed by atoms with Crippen molar-refractivity contribution in [2.45, 2.75) is 39.5 Å². The SMILES string of the molecule is CCNCc1cccnc1N1CC(C)OC(C)C1. The van der Waals surface area contributed by atoms with Crippen LogP contribution in [0.2, 0.25) is 0 Å². The summed E-state index contributed by atoms with van der Waals surface area (Å²) in [5.74, 6) is 1.10. The van der Waals surface area contributed by atoms with Gasteiger partial charge in [-0.2, -0.15) is 0 Å². The summed E-state index contributed by atoms with van der Waals surface area (Å²) in [6, 6.07) is 4.15. The van der Waals surface area contributed by atoms with Crippen molar-refractivity contribution in [2.24, 2.45) is 0 Å². The Morgan fingerprint density at radius 3 is 2.78 bits per heavy atom. The third-order valence-electron chi connectivity index (χ3n) is 3.15. The predicted octanol–water partition coefficient (Wildman–Crippen LogP) is 1.80. The maximum absolute atomic E-state index is 5.77. The largest absolute Gasteiger partial charge is 0.372 e. The minimum atomic E-state index is 0.266. The Bertz CT molecular complexity index is 373. The number of morpholine rings is 1. The van der Waals surface area contributed by atoms with Gasteiger partial charge < -0.3 is 15.0 Å². The molecule has 1 saturated heterocycles. The third kappa shape index (κ3) is 3.21. The Morgan fingerprint density at radius 2 is 2.11 bits per heavy atom. The van der Waals surface area contributed by atoms with Crippen LogP contribution in [0, 0.1) is 0 Å². The summed E-state index contributed by atoms with van der Waals surface area (Å²) >= 11 is 0. The molecule has 0 amide bonds. The summed E-state index contributed by atoms with van der Waals surface area (Å²) in [5.41, 5.74) is 1.26. The van der Waals surface area contributed by atoms with Gasteiger partial charge in [0.2, 0.25) is 0 Å². The molecule has 4 nitrogen and oxygen atoms in total. The van der Waals surface area contributed by atoms with E-state index >= 15 is 0 Å². The van der Waals surface area contributed by atoms with Crippen LogP contribution in [0.3, 0.4) is 0 Å². The first-order valence-electron chi connectivity index (χ1n) is 6.75. The van der Waals surface area contributed by atoms with E-state index in [-0.39, 0.29) is 12.2 Å². The summed E-state index contributed by atoms with van der Waals surface area (Å²) in [7, 11) is 0. The molecule has 0 spiro atoms. The standard InChI is InChI=1S/C14H23N3O/c1-4-15-8-13-6-5-7-16-14(13)17-9-11(2)18-12(3)10-17/h5-7,11-12,15H,4,8-10H2,1-3H3. The lowest BCUT2D eigenvalue weighted by Crippen LogP contribution is -2.46. The Kier molecular flexibility index (Phi) is 4.55. The summed E-state index contributed by atoms with van der Waals surface area (Å²) in [6.07, 6.45) is 2.40. The molecule has 1 N–H and O–H groups in total. The molecular weight excluding hydrogens is 226 g/mol. The molecule has 1 aromatic heterocycles. The van der Waals surface area contributed by atoms with E-state index in [1.807, 2.05) is 12.3 Å². The van der Waals surface area contributed by atoms with Gasteiger partial charge in [0.05, 0.1) is 12.2 Å². The normalized spacial score (nSPS) is 24.3. The van der Waals surface area contributed by atoms with Gasteiger partial charge in [-0.3, -0.25) is 0 Å². The number of nitrogens with zero attached hydrogens (tertiary/aromatic N) is 2. The smallest absolute Gasteiger partial charge is 0.133 e. The van der Waals surface area contributed by atoms with Crippen LogP contribution in [0.5, 0.6) is 0 Å². The van der Waals surface area contributed by atoms with E-state index in [0.717, 1.165) is 32.0 Å². The zero-order chi connectivity index (χ0) is 13.0. The van der Waals surface area contributed by atoms with Crippen molar-refractivity contribution in [1.82, 2.24) is 10.3 Å². The lowest BCUT2D eigenvalue weighted by Gasteiger charge is -2.37. The third-order valence-corrected chi connectivity index (χ3v) is 3.15. The van der Waals surface area contributed by atoms with Gasteiger partial charge in [-0.25, -0.2) is 4.98 Å². The van der Waals surface area contributed by atoms with Crippen LogP contribution in [0.1, 0.15) is 26.3 Å². The zero-order valence-electron chi connectivity index (χ0n) is 11.5. The monoisotopic (exact) mass is 249 g/mol. The highest BCUT2D eigenvalue weighted by Crippen LogP contribution is 2.21. The highest BCUT2D eigenvalue weighted by Gasteiger charge is 2.24. The van der Waals surface area contributed by atoms with Gasteiger partial charge in [0.25, 0.3) is 0 Å². The molecule has 0 aliphatic carbocycles. The number of ether oxygens (including phenoxy) is 1. The molecule has 1 fully saturated rings. The number of nitrogens with one attached hydrogen (secondary N) is 1. The molecule has 100 valence electrons. The lowest BCUT2D eigenvalue weighted by atomic mass is 10.2. The fourth-order valence-electron chi connectivity index (χ4n) is 2.46. The first-order valence-corrected chi connectivity index (χ1v) is 6.75. The van der Waals surface area contributed by atoms with Gasteiger partial charge in [-0.15, -0.1) is 0 Å². The molecule has 0 saturated carbocycles. The summed E-state index contributed by atoms with van der Waals surface area (Å²) < 4.78 is 5.77. The average Bonchev–Trinajstić information content (AvgIpc) is 2.35. The lowest BCUT2D eigenvalue weighted by molar-refractivity contribution is -0.00551. The van der Waals surface area contributed by atoms with Crippen molar-refractivity contribution in [1.29, 1.82) is 0 Å².